The second-order valence-corrected chi connectivity index (χ2v) is 9.57. The highest BCUT2D eigenvalue weighted by atomic mass is 32.2. The lowest BCUT2D eigenvalue weighted by atomic mass is 10.00. The summed E-state index contributed by atoms with van der Waals surface area (Å²) >= 11 is 1.44. The van der Waals surface area contributed by atoms with Crippen molar-refractivity contribution in [2.24, 2.45) is 0 Å². The molecule has 34 heavy (non-hydrogen) atoms. The summed E-state index contributed by atoms with van der Waals surface area (Å²) in [7, 11) is 0. The van der Waals surface area contributed by atoms with Crippen molar-refractivity contribution in [2.45, 2.75) is 37.6 Å². The van der Waals surface area contributed by atoms with Gasteiger partial charge in [0.05, 0.1) is 24.0 Å². The zero-order valence-electron chi connectivity index (χ0n) is 18.4. The molecule has 10 heteroatoms. The van der Waals surface area contributed by atoms with E-state index in [0.29, 0.717) is 30.0 Å². The minimum atomic E-state index is -4.46. The highest BCUT2D eigenvalue weighted by molar-refractivity contribution is 7.99. The lowest BCUT2D eigenvalue weighted by molar-refractivity contribution is -0.162. The molecule has 2 aromatic rings. The number of thioether (sulfide) groups is 1. The summed E-state index contributed by atoms with van der Waals surface area (Å²) in [6, 6.07) is 13.7. The maximum atomic E-state index is 13.2. The SMILES string of the molecule is O=C([C@@H]1CSCN1O)N1CC(=O)N(Cc2cccc(C(F)(F)F)c2)[C@@H](CCc2ccccc2)C1. The molecular formula is C24H26F3N3O3S. The average Bonchev–Trinajstić information content (AvgIpc) is 3.25. The van der Waals surface area contributed by atoms with Gasteiger partial charge in [-0.25, -0.2) is 0 Å². The third-order valence-corrected chi connectivity index (χ3v) is 7.19. The van der Waals surface area contributed by atoms with Crippen molar-refractivity contribution in [3.05, 3.63) is 71.3 Å². The second kappa shape index (κ2) is 10.4. The zero-order chi connectivity index (χ0) is 24.3. The predicted molar refractivity (Wildman–Crippen MR) is 122 cm³/mol. The Morgan fingerprint density at radius 2 is 1.82 bits per heavy atom. The largest absolute Gasteiger partial charge is 0.416 e. The van der Waals surface area contributed by atoms with Crippen LogP contribution in [0.25, 0.3) is 0 Å². The van der Waals surface area contributed by atoms with Gasteiger partial charge in [0.25, 0.3) is 0 Å². The molecule has 2 saturated heterocycles. The number of carbonyl (C=O) groups excluding carboxylic acids is 2. The highest BCUT2D eigenvalue weighted by Crippen LogP contribution is 2.30. The number of hydroxylamine groups is 2. The Labute approximate surface area is 200 Å². The Balaban J connectivity index is 1.54. The molecule has 0 aromatic heterocycles. The molecule has 1 N–H and O–H groups in total. The monoisotopic (exact) mass is 493 g/mol. The topological polar surface area (TPSA) is 64.1 Å². The van der Waals surface area contributed by atoms with Gasteiger partial charge in [-0.15, -0.1) is 11.8 Å². The van der Waals surface area contributed by atoms with Gasteiger partial charge >= 0.3 is 6.18 Å². The molecule has 0 saturated carbocycles. The fraction of sp³-hybridized carbons (Fsp3) is 0.417. The Hall–Kier alpha value is -2.56. The van der Waals surface area contributed by atoms with Crippen LogP contribution in [-0.2, 0) is 28.7 Å². The van der Waals surface area contributed by atoms with E-state index in [4.69, 9.17) is 0 Å². The molecule has 2 fully saturated rings. The van der Waals surface area contributed by atoms with E-state index in [2.05, 4.69) is 0 Å². The molecule has 2 aliphatic heterocycles. The predicted octanol–water partition coefficient (Wildman–Crippen LogP) is 3.64. The van der Waals surface area contributed by atoms with Crippen LogP contribution in [-0.4, -0.2) is 68.7 Å². The fourth-order valence-corrected chi connectivity index (χ4v) is 5.38. The van der Waals surface area contributed by atoms with Crippen LogP contribution >= 0.6 is 11.8 Å². The van der Waals surface area contributed by atoms with Gasteiger partial charge in [-0.2, -0.15) is 18.2 Å². The Kier molecular flexibility index (Phi) is 7.49. The Morgan fingerprint density at radius 3 is 2.50 bits per heavy atom. The number of rotatable bonds is 6. The summed E-state index contributed by atoms with van der Waals surface area (Å²) in [5.41, 5.74) is 0.710. The van der Waals surface area contributed by atoms with E-state index in [-0.39, 0.29) is 37.5 Å². The van der Waals surface area contributed by atoms with Gasteiger partial charge in [-0.3, -0.25) is 9.59 Å². The van der Waals surface area contributed by atoms with Crippen molar-refractivity contribution in [3.8, 4) is 0 Å². The third kappa shape index (κ3) is 5.73. The minimum Gasteiger partial charge on any atom is -0.332 e. The molecule has 6 nitrogen and oxygen atoms in total. The van der Waals surface area contributed by atoms with Crippen molar-refractivity contribution >= 4 is 23.6 Å². The maximum Gasteiger partial charge on any atom is 0.416 e. The molecule has 2 aromatic carbocycles. The first kappa shape index (κ1) is 24.6. The number of benzene rings is 2. The van der Waals surface area contributed by atoms with Crippen molar-refractivity contribution in [1.82, 2.24) is 14.9 Å². The van der Waals surface area contributed by atoms with Gasteiger partial charge in [0.15, 0.2) is 0 Å². The zero-order valence-corrected chi connectivity index (χ0v) is 19.3. The number of hydrogen-bond donors (Lipinski definition) is 1. The first-order valence-electron chi connectivity index (χ1n) is 11.0. The minimum absolute atomic E-state index is 0.0373. The maximum absolute atomic E-state index is 13.2. The lowest BCUT2D eigenvalue weighted by Gasteiger charge is -2.42. The molecule has 2 atom stereocenters. The van der Waals surface area contributed by atoms with E-state index in [1.165, 1.54) is 22.7 Å². The molecule has 182 valence electrons. The van der Waals surface area contributed by atoms with E-state index in [9.17, 15) is 28.0 Å². The summed E-state index contributed by atoms with van der Waals surface area (Å²) in [4.78, 5) is 29.2. The molecule has 2 heterocycles. The van der Waals surface area contributed by atoms with Gasteiger partial charge in [0.2, 0.25) is 11.8 Å². The van der Waals surface area contributed by atoms with Crippen LogP contribution in [0.15, 0.2) is 54.6 Å². The summed E-state index contributed by atoms with van der Waals surface area (Å²) in [5.74, 6) is 0.162. The number of aryl methyl sites for hydroxylation is 1. The van der Waals surface area contributed by atoms with Crippen LogP contribution in [0.5, 0.6) is 0 Å². The second-order valence-electron chi connectivity index (χ2n) is 8.57. The van der Waals surface area contributed by atoms with Crippen LogP contribution in [0, 0.1) is 0 Å². The number of alkyl halides is 3. The molecule has 2 aliphatic rings. The summed E-state index contributed by atoms with van der Waals surface area (Å²) in [6.07, 6.45) is -3.25. The molecule has 0 radical (unpaired) electrons. The lowest BCUT2D eigenvalue weighted by Crippen LogP contribution is -2.60. The van der Waals surface area contributed by atoms with E-state index in [0.717, 1.165) is 22.8 Å². The van der Waals surface area contributed by atoms with E-state index >= 15 is 0 Å². The molecule has 2 amide bonds. The number of halogens is 3. The summed E-state index contributed by atoms with van der Waals surface area (Å²) in [6.45, 7) is 0.148. The quantitative estimate of drug-likeness (QED) is 0.666. The van der Waals surface area contributed by atoms with E-state index in [1.807, 2.05) is 30.3 Å². The number of amides is 2. The molecular weight excluding hydrogens is 467 g/mol. The molecule has 0 aliphatic carbocycles. The van der Waals surface area contributed by atoms with E-state index < -0.39 is 17.8 Å². The standard InChI is InChI=1S/C24H26F3N3O3S/c25-24(26,27)19-8-4-7-18(11-19)12-29-20(10-9-17-5-2-1-3-6-17)13-28(14-22(29)31)23(32)21-15-34-16-30(21)33/h1-8,11,20-21,33H,9-10,12-16H2/t20-,21-/m0/s1. The van der Waals surface area contributed by atoms with Crippen LogP contribution in [0.4, 0.5) is 13.2 Å². The Morgan fingerprint density at radius 1 is 1.09 bits per heavy atom. The summed E-state index contributed by atoms with van der Waals surface area (Å²) in [5, 5.41) is 11.0. The first-order chi connectivity index (χ1) is 16.2. The molecule has 0 unspecified atom stereocenters. The normalized spacial score (nSPS) is 21.8. The summed E-state index contributed by atoms with van der Waals surface area (Å²) < 4.78 is 39.5. The van der Waals surface area contributed by atoms with Gasteiger partial charge < -0.3 is 15.0 Å². The molecule has 0 spiro atoms. The van der Waals surface area contributed by atoms with Crippen LogP contribution in [0.1, 0.15) is 23.1 Å². The van der Waals surface area contributed by atoms with Gasteiger partial charge in [0, 0.05) is 18.8 Å². The molecule has 0 bridgehead atoms. The van der Waals surface area contributed by atoms with Crippen LogP contribution in [0.3, 0.4) is 0 Å². The van der Waals surface area contributed by atoms with Crippen molar-refractivity contribution < 1.29 is 28.0 Å². The van der Waals surface area contributed by atoms with Crippen molar-refractivity contribution in [1.29, 1.82) is 0 Å². The fourth-order valence-electron chi connectivity index (χ4n) is 4.37. The number of piperazine rings is 1. The number of carbonyl (C=O) groups is 2. The van der Waals surface area contributed by atoms with Crippen molar-refractivity contribution in [2.75, 3.05) is 24.7 Å². The molecule has 4 rings (SSSR count). The van der Waals surface area contributed by atoms with Gasteiger partial charge in [-0.1, -0.05) is 42.5 Å². The Bertz CT molecular complexity index is 1020. The van der Waals surface area contributed by atoms with Gasteiger partial charge in [0.1, 0.15) is 6.04 Å². The third-order valence-electron chi connectivity index (χ3n) is 6.19. The van der Waals surface area contributed by atoms with Crippen LogP contribution in [0.2, 0.25) is 0 Å². The number of hydrogen-bond acceptors (Lipinski definition) is 5. The first-order valence-corrected chi connectivity index (χ1v) is 12.2. The highest BCUT2D eigenvalue weighted by Gasteiger charge is 2.40. The van der Waals surface area contributed by atoms with Gasteiger partial charge in [-0.05, 0) is 36.1 Å². The van der Waals surface area contributed by atoms with Crippen molar-refractivity contribution in [3.63, 3.8) is 0 Å². The average molecular weight is 494 g/mol. The van der Waals surface area contributed by atoms with Crippen LogP contribution < -0.4 is 0 Å². The number of nitrogens with zero attached hydrogens (tertiary/aromatic N) is 3. The van der Waals surface area contributed by atoms with E-state index in [1.54, 1.807) is 11.0 Å². The smallest absolute Gasteiger partial charge is 0.332 e.